The molecule has 0 aromatic heterocycles. The van der Waals surface area contributed by atoms with Crippen molar-refractivity contribution in [3.63, 3.8) is 0 Å². The summed E-state index contributed by atoms with van der Waals surface area (Å²) in [6.45, 7) is 4.41. The van der Waals surface area contributed by atoms with Crippen molar-refractivity contribution in [2.75, 3.05) is 13.1 Å². The monoisotopic (exact) mass is 269 g/mol. The van der Waals surface area contributed by atoms with Crippen molar-refractivity contribution < 1.29 is 9.53 Å². The lowest BCUT2D eigenvalue weighted by atomic mass is 10.2. The summed E-state index contributed by atoms with van der Waals surface area (Å²) < 4.78 is 5.36. The highest BCUT2D eigenvalue weighted by atomic mass is 35.5. The highest BCUT2D eigenvalue weighted by Gasteiger charge is 2.30. The van der Waals surface area contributed by atoms with Crippen LogP contribution in [0.5, 0.6) is 0 Å². The minimum atomic E-state index is -0.0757. The highest BCUT2D eigenvalue weighted by molar-refractivity contribution is 5.85. The molecule has 100 valence electrons. The summed E-state index contributed by atoms with van der Waals surface area (Å²) in [5.74, 6) is -0.0757. The summed E-state index contributed by atoms with van der Waals surface area (Å²) in [5, 5.41) is 0. The average Bonchev–Trinajstić information content (AvgIpc) is 2.85. The molecule has 0 unspecified atom stereocenters. The van der Waals surface area contributed by atoms with E-state index in [4.69, 9.17) is 4.74 Å². The first-order chi connectivity index (χ1) is 8.31. The molecule has 2 rings (SSSR count). The van der Waals surface area contributed by atoms with Gasteiger partial charge in [0.05, 0.1) is 0 Å². The number of likely N-dealkylation sites (N-methyl/N-ethyl adjacent to an activating group) is 1. The zero-order chi connectivity index (χ0) is 12.1. The highest BCUT2D eigenvalue weighted by Crippen LogP contribution is 2.18. The molecule has 1 aromatic carbocycles. The molecule has 1 saturated heterocycles. The zero-order valence-corrected chi connectivity index (χ0v) is 11.5. The van der Waals surface area contributed by atoms with Gasteiger partial charge in [-0.2, -0.15) is 0 Å². The third-order valence-corrected chi connectivity index (χ3v) is 3.27. The number of ether oxygens (including phenoxy) is 1. The van der Waals surface area contributed by atoms with Gasteiger partial charge in [-0.05, 0) is 31.5 Å². The Morgan fingerprint density at radius 3 is 2.78 bits per heavy atom. The molecular formula is C14H20ClNO2. The quantitative estimate of drug-likeness (QED) is 0.787. The summed E-state index contributed by atoms with van der Waals surface area (Å²) in [6, 6.07) is 9.79. The maximum atomic E-state index is 11.9. The minimum Gasteiger partial charge on any atom is -0.460 e. The number of esters is 1. The van der Waals surface area contributed by atoms with E-state index in [9.17, 15) is 4.79 Å². The maximum absolute atomic E-state index is 11.9. The van der Waals surface area contributed by atoms with E-state index < -0.39 is 0 Å². The van der Waals surface area contributed by atoms with E-state index in [2.05, 4.69) is 11.8 Å². The molecule has 0 amide bonds. The first-order valence-corrected chi connectivity index (χ1v) is 6.26. The SMILES string of the molecule is CCN1CCC[C@H]1C(=O)OCc1ccccc1.Cl. The van der Waals surface area contributed by atoms with E-state index in [0.29, 0.717) is 6.61 Å². The Morgan fingerprint density at radius 1 is 1.39 bits per heavy atom. The van der Waals surface area contributed by atoms with Crippen LogP contribution in [0.1, 0.15) is 25.3 Å². The average molecular weight is 270 g/mol. The second-order valence-electron chi connectivity index (χ2n) is 4.38. The van der Waals surface area contributed by atoms with Gasteiger partial charge in [-0.1, -0.05) is 37.3 Å². The van der Waals surface area contributed by atoms with Crippen molar-refractivity contribution >= 4 is 18.4 Å². The van der Waals surface area contributed by atoms with Crippen LogP contribution in [0.3, 0.4) is 0 Å². The van der Waals surface area contributed by atoms with Crippen molar-refractivity contribution in [2.24, 2.45) is 0 Å². The summed E-state index contributed by atoms with van der Waals surface area (Å²) >= 11 is 0. The van der Waals surface area contributed by atoms with Gasteiger partial charge in [-0.25, -0.2) is 0 Å². The van der Waals surface area contributed by atoms with Crippen molar-refractivity contribution in [2.45, 2.75) is 32.4 Å². The number of rotatable bonds is 4. The van der Waals surface area contributed by atoms with Gasteiger partial charge < -0.3 is 4.74 Å². The van der Waals surface area contributed by atoms with Crippen molar-refractivity contribution in [3.8, 4) is 0 Å². The maximum Gasteiger partial charge on any atom is 0.323 e. The first kappa shape index (κ1) is 15.0. The Labute approximate surface area is 115 Å². The van der Waals surface area contributed by atoms with Crippen molar-refractivity contribution in [1.29, 1.82) is 0 Å². The van der Waals surface area contributed by atoms with Crippen molar-refractivity contribution in [1.82, 2.24) is 4.90 Å². The Hall–Kier alpha value is -1.06. The van der Waals surface area contributed by atoms with Gasteiger partial charge in [0, 0.05) is 0 Å². The summed E-state index contributed by atoms with van der Waals surface area (Å²) in [4.78, 5) is 14.1. The summed E-state index contributed by atoms with van der Waals surface area (Å²) in [7, 11) is 0. The number of likely N-dealkylation sites (tertiary alicyclic amines) is 1. The Kier molecular flexibility index (Phi) is 6.16. The van der Waals surface area contributed by atoms with Gasteiger partial charge in [0.1, 0.15) is 12.6 Å². The number of hydrogen-bond acceptors (Lipinski definition) is 3. The molecule has 0 radical (unpaired) electrons. The zero-order valence-electron chi connectivity index (χ0n) is 10.7. The molecule has 0 spiro atoms. The van der Waals surface area contributed by atoms with E-state index in [1.54, 1.807) is 0 Å². The Morgan fingerprint density at radius 2 is 2.11 bits per heavy atom. The molecule has 1 fully saturated rings. The normalized spacial score (nSPS) is 19.3. The number of nitrogens with zero attached hydrogens (tertiary/aromatic N) is 1. The third kappa shape index (κ3) is 3.72. The van der Waals surface area contributed by atoms with E-state index in [0.717, 1.165) is 31.5 Å². The number of benzene rings is 1. The van der Waals surface area contributed by atoms with Gasteiger partial charge >= 0.3 is 5.97 Å². The standard InChI is InChI=1S/C14H19NO2.ClH/c1-2-15-10-6-9-13(15)14(16)17-11-12-7-4-3-5-8-12;/h3-5,7-8,13H,2,6,9-11H2,1H3;1H/t13-;/m0./s1. The Balaban J connectivity index is 0.00000162. The summed E-state index contributed by atoms with van der Waals surface area (Å²) in [6.07, 6.45) is 2.03. The smallest absolute Gasteiger partial charge is 0.323 e. The third-order valence-electron chi connectivity index (χ3n) is 3.27. The molecule has 1 aliphatic rings. The predicted molar refractivity (Wildman–Crippen MR) is 73.8 cm³/mol. The minimum absolute atomic E-state index is 0. The number of carbonyl (C=O) groups excluding carboxylic acids is 1. The molecular weight excluding hydrogens is 250 g/mol. The van der Waals surface area contributed by atoms with Gasteiger partial charge in [0.15, 0.2) is 0 Å². The fourth-order valence-electron chi connectivity index (χ4n) is 2.30. The van der Waals surface area contributed by atoms with E-state index in [1.165, 1.54) is 0 Å². The fourth-order valence-corrected chi connectivity index (χ4v) is 2.30. The summed E-state index contributed by atoms with van der Waals surface area (Å²) in [5.41, 5.74) is 1.04. The lowest BCUT2D eigenvalue weighted by Crippen LogP contribution is -2.36. The second-order valence-corrected chi connectivity index (χ2v) is 4.38. The van der Waals surface area contributed by atoms with Crippen LogP contribution >= 0.6 is 12.4 Å². The molecule has 4 heteroatoms. The van der Waals surface area contributed by atoms with Gasteiger partial charge in [0.25, 0.3) is 0 Å². The Bertz CT molecular complexity index is 369. The van der Waals surface area contributed by atoms with Crippen LogP contribution in [0, 0.1) is 0 Å². The number of halogens is 1. The fraction of sp³-hybridized carbons (Fsp3) is 0.500. The van der Waals surface area contributed by atoms with E-state index in [1.807, 2.05) is 30.3 Å². The largest absolute Gasteiger partial charge is 0.460 e. The molecule has 0 saturated carbocycles. The lowest BCUT2D eigenvalue weighted by molar-refractivity contribution is -0.150. The molecule has 1 aliphatic heterocycles. The van der Waals surface area contributed by atoms with Crippen LogP contribution in [0.25, 0.3) is 0 Å². The van der Waals surface area contributed by atoms with Crippen LogP contribution in [0.4, 0.5) is 0 Å². The molecule has 3 nitrogen and oxygen atoms in total. The second kappa shape index (κ2) is 7.39. The van der Waals surface area contributed by atoms with Gasteiger partial charge in [0.2, 0.25) is 0 Å². The van der Waals surface area contributed by atoms with E-state index >= 15 is 0 Å². The van der Waals surface area contributed by atoms with Gasteiger partial charge in [-0.15, -0.1) is 12.4 Å². The number of hydrogen-bond donors (Lipinski definition) is 0. The van der Waals surface area contributed by atoms with Crippen molar-refractivity contribution in [3.05, 3.63) is 35.9 Å². The molecule has 1 aromatic rings. The molecule has 1 heterocycles. The molecule has 1 atom stereocenters. The number of carbonyl (C=O) groups is 1. The van der Waals surface area contributed by atoms with Crippen LogP contribution in [-0.2, 0) is 16.1 Å². The first-order valence-electron chi connectivity index (χ1n) is 6.26. The molecule has 0 bridgehead atoms. The van der Waals surface area contributed by atoms with Gasteiger partial charge in [-0.3, -0.25) is 9.69 Å². The predicted octanol–water partition coefficient (Wildman–Crippen LogP) is 2.64. The van der Waals surface area contributed by atoms with Crippen LogP contribution in [0.15, 0.2) is 30.3 Å². The van der Waals surface area contributed by atoms with Crippen LogP contribution in [-0.4, -0.2) is 30.0 Å². The lowest BCUT2D eigenvalue weighted by Gasteiger charge is -2.20. The topological polar surface area (TPSA) is 29.5 Å². The molecule has 0 aliphatic carbocycles. The van der Waals surface area contributed by atoms with Crippen LogP contribution in [0.2, 0.25) is 0 Å². The molecule has 18 heavy (non-hydrogen) atoms. The van der Waals surface area contributed by atoms with Crippen LogP contribution < -0.4 is 0 Å². The molecule has 0 N–H and O–H groups in total. The van der Waals surface area contributed by atoms with E-state index in [-0.39, 0.29) is 24.4 Å².